The lowest BCUT2D eigenvalue weighted by atomic mass is 10.2. The van der Waals surface area contributed by atoms with Crippen LogP contribution in [-0.2, 0) is 12.3 Å². The monoisotopic (exact) mass is 456 g/mol. The number of furan rings is 1. The maximum absolute atomic E-state index is 13.2. The van der Waals surface area contributed by atoms with Gasteiger partial charge in [0.25, 0.3) is 5.56 Å². The second-order valence-electron chi connectivity index (χ2n) is 6.66. The van der Waals surface area contributed by atoms with Crippen molar-refractivity contribution in [1.82, 2.24) is 18.9 Å². The summed E-state index contributed by atoms with van der Waals surface area (Å²) < 4.78 is 8.94. The smallest absolute Gasteiger partial charge is 0.262 e. The SMILES string of the molecule is O=c1c2ccc(Cl)cc2nc(SCc2cn3cc(Cl)ccc3n2)n1Cc1ccco1. The highest BCUT2D eigenvalue weighted by Gasteiger charge is 2.14. The van der Waals surface area contributed by atoms with Crippen LogP contribution in [0, 0.1) is 0 Å². The maximum Gasteiger partial charge on any atom is 0.262 e. The molecule has 0 N–H and O–H groups in total. The Balaban J connectivity index is 1.54. The highest BCUT2D eigenvalue weighted by Crippen LogP contribution is 2.24. The Morgan fingerprint density at radius 3 is 2.73 bits per heavy atom. The normalized spacial score (nSPS) is 11.5. The fourth-order valence-electron chi connectivity index (χ4n) is 3.21. The number of hydrogen-bond donors (Lipinski definition) is 0. The first-order valence-corrected chi connectivity index (χ1v) is 10.8. The van der Waals surface area contributed by atoms with Crippen LogP contribution in [0.25, 0.3) is 16.6 Å². The molecule has 6 nitrogen and oxygen atoms in total. The molecule has 4 aromatic heterocycles. The van der Waals surface area contributed by atoms with Crippen LogP contribution in [0.3, 0.4) is 0 Å². The number of imidazole rings is 1. The number of aromatic nitrogens is 4. The van der Waals surface area contributed by atoms with Crippen molar-refractivity contribution in [1.29, 1.82) is 0 Å². The molecular weight excluding hydrogens is 443 g/mol. The van der Waals surface area contributed by atoms with E-state index >= 15 is 0 Å². The third kappa shape index (κ3) is 3.71. The van der Waals surface area contributed by atoms with E-state index in [0.717, 1.165) is 11.3 Å². The lowest BCUT2D eigenvalue weighted by Gasteiger charge is -2.12. The van der Waals surface area contributed by atoms with Gasteiger partial charge in [-0.3, -0.25) is 9.36 Å². The first-order valence-electron chi connectivity index (χ1n) is 9.05. The van der Waals surface area contributed by atoms with Crippen LogP contribution in [-0.4, -0.2) is 18.9 Å². The van der Waals surface area contributed by atoms with Crippen LogP contribution in [0.4, 0.5) is 0 Å². The number of hydrogen-bond acceptors (Lipinski definition) is 5. The zero-order chi connectivity index (χ0) is 20.7. The van der Waals surface area contributed by atoms with Crippen molar-refractivity contribution >= 4 is 51.5 Å². The summed E-state index contributed by atoms with van der Waals surface area (Å²) in [6.45, 7) is 0.292. The lowest BCUT2D eigenvalue weighted by molar-refractivity contribution is 0.476. The summed E-state index contributed by atoms with van der Waals surface area (Å²) in [6.07, 6.45) is 5.31. The highest BCUT2D eigenvalue weighted by molar-refractivity contribution is 7.98. The van der Waals surface area contributed by atoms with Gasteiger partial charge in [-0.2, -0.15) is 0 Å². The molecule has 5 aromatic rings. The molecule has 0 unspecified atom stereocenters. The molecule has 0 amide bonds. The molecule has 150 valence electrons. The number of nitrogens with zero attached hydrogens (tertiary/aromatic N) is 4. The molecule has 0 aliphatic heterocycles. The van der Waals surface area contributed by atoms with Gasteiger partial charge in [0.05, 0.1) is 34.4 Å². The second-order valence-corrected chi connectivity index (χ2v) is 8.48. The van der Waals surface area contributed by atoms with Crippen LogP contribution in [0.2, 0.25) is 10.0 Å². The molecule has 4 heterocycles. The summed E-state index contributed by atoms with van der Waals surface area (Å²) >= 11 is 13.6. The standard InChI is InChI=1S/C21H14Cl2N4O2S/c22-13-3-5-17-18(8-13)25-21(27(20(17)28)11-16-2-1-7-29-16)30-12-15-10-26-9-14(23)4-6-19(26)24-15/h1-10H,11-12H2. The van der Waals surface area contributed by atoms with Gasteiger partial charge in [-0.05, 0) is 42.5 Å². The third-order valence-electron chi connectivity index (χ3n) is 4.59. The van der Waals surface area contributed by atoms with Crippen LogP contribution in [0.5, 0.6) is 0 Å². The van der Waals surface area contributed by atoms with E-state index in [1.165, 1.54) is 11.8 Å². The first kappa shape index (κ1) is 19.2. The van der Waals surface area contributed by atoms with Gasteiger partial charge in [-0.1, -0.05) is 35.0 Å². The van der Waals surface area contributed by atoms with Crippen molar-refractivity contribution in [3.63, 3.8) is 0 Å². The van der Waals surface area contributed by atoms with Crippen molar-refractivity contribution < 1.29 is 4.42 Å². The summed E-state index contributed by atoms with van der Waals surface area (Å²) in [5.74, 6) is 1.21. The number of rotatable bonds is 5. The molecule has 30 heavy (non-hydrogen) atoms. The lowest BCUT2D eigenvalue weighted by Crippen LogP contribution is -2.23. The van der Waals surface area contributed by atoms with Crippen LogP contribution < -0.4 is 5.56 Å². The summed E-state index contributed by atoms with van der Waals surface area (Å²) in [4.78, 5) is 22.5. The van der Waals surface area contributed by atoms with Gasteiger partial charge in [0.2, 0.25) is 0 Å². The van der Waals surface area contributed by atoms with Crippen LogP contribution in [0.1, 0.15) is 11.5 Å². The molecule has 1 aromatic carbocycles. The number of pyridine rings is 1. The molecule has 0 aliphatic carbocycles. The zero-order valence-corrected chi connectivity index (χ0v) is 17.8. The Labute approximate surface area is 185 Å². The van der Waals surface area contributed by atoms with Gasteiger partial charge in [-0.25, -0.2) is 9.97 Å². The predicted molar refractivity (Wildman–Crippen MR) is 119 cm³/mol. The van der Waals surface area contributed by atoms with Crippen molar-refractivity contribution in [3.05, 3.63) is 93.0 Å². The highest BCUT2D eigenvalue weighted by atomic mass is 35.5. The summed E-state index contributed by atoms with van der Waals surface area (Å²) in [7, 11) is 0. The average molecular weight is 457 g/mol. The van der Waals surface area contributed by atoms with Gasteiger partial charge in [0, 0.05) is 23.2 Å². The average Bonchev–Trinajstić information content (AvgIpc) is 3.37. The summed E-state index contributed by atoms with van der Waals surface area (Å²) in [5.41, 5.74) is 2.08. The topological polar surface area (TPSA) is 65.3 Å². The van der Waals surface area contributed by atoms with Gasteiger partial charge in [0.15, 0.2) is 5.16 Å². The quantitative estimate of drug-likeness (QED) is 0.265. The van der Waals surface area contributed by atoms with E-state index in [9.17, 15) is 4.79 Å². The molecular formula is C21H14Cl2N4O2S. The molecule has 9 heteroatoms. The Bertz CT molecular complexity index is 1430. The zero-order valence-electron chi connectivity index (χ0n) is 15.5. The predicted octanol–water partition coefficient (Wildman–Crippen LogP) is 5.28. The van der Waals surface area contributed by atoms with Gasteiger partial charge in [-0.15, -0.1) is 0 Å². The van der Waals surface area contributed by atoms with Crippen LogP contribution in [0.15, 0.2) is 75.5 Å². The first-order chi connectivity index (χ1) is 14.6. The summed E-state index contributed by atoms with van der Waals surface area (Å²) in [6, 6.07) is 12.4. The van der Waals surface area contributed by atoms with E-state index in [2.05, 4.69) is 4.98 Å². The maximum atomic E-state index is 13.2. The number of thioether (sulfide) groups is 1. The molecule has 0 bridgehead atoms. The largest absolute Gasteiger partial charge is 0.467 e. The van der Waals surface area contributed by atoms with E-state index in [1.807, 2.05) is 22.7 Å². The van der Waals surface area contributed by atoms with Crippen molar-refractivity contribution in [2.75, 3.05) is 0 Å². The summed E-state index contributed by atoms with van der Waals surface area (Å²) in [5, 5.41) is 2.25. The van der Waals surface area contributed by atoms with Gasteiger partial charge in [0.1, 0.15) is 11.4 Å². The molecule has 0 radical (unpaired) electrons. The number of benzene rings is 1. The van der Waals surface area contributed by atoms with E-state index < -0.39 is 0 Å². The minimum atomic E-state index is -0.141. The Hall–Kier alpha value is -2.74. The minimum absolute atomic E-state index is 0.141. The van der Waals surface area contributed by atoms with E-state index in [0.29, 0.717) is 44.2 Å². The van der Waals surface area contributed by atoms with Gasteiger partial charge >= 0.3 is 0 Å². The third-order valence-corrected chi connectivity index (χ3v) is 6.06. The fourth-order valence-corrected chi connectivity index (χ4v) is 4.42. The van der Waals surface area contributed by atoms with E-state index in [-0.39, 0.29) is 5.56 Å². The van der Waals surface area contributed by atoms with Crippen LogP contribution >= 0.6 is 35.0 Å². The molecule has 0 saturated carbocycles. The van der Waals surface area contributed by atoms with E-state index in [4.69, 9.17) is 32.6 Å². The Morgan fingerprint density at radius 1 is 1.03 bits per heavy atom. The van der Waals surface area contributed by atoms with E-state index in [1.54, 1.807) is 47.4 Å². The molecule has 5 rings (SSSR count). The fraction of sp³-hybridized carbons (Fsp3) is 0.0952. The molecule has 0 aliphatic rings. The van der Waals surface area contributed by atoms with Crippen molar-refractivity contribution in [2.45, 2.75) is 17.5 Å². The second kappa shape index (κ2) is 7.83. The van der Waals surface area contributed by atoms with Gasteiger partial charge < -0.3 is 8.82 Å². The Kier molecular flexibility index (Phi) is 5.02. The molecule has 0 fully saturated rings. The number of fused-ring (bicyclic) bond motifs is 2. The Morgan fingerprint density at radius 2 is 1.90 bits per heavy atom. The van der Waals surface area contributed by atoms with Crippen molar-refractivity contribution in [2.24, 2.45) is 0 Å². The molecule has 0 spiro atoms. The molecule has 0 atom stereocenters. The molecule has 0 saturated heterocycles. The number of halogens is 2. The van der Waals surface area contributed by atoms with Crippen molar-refractivity contribution in [3.8, 4) is 0 Å². The minimum Gasteiger partial charge on any atom is -0.467 e.